The third-order valence-electron chi connectivity index (χ3n) is 3.58. The molecule has 3 rings (SSSR count). The van der Waals surface area contributed by atoms with E-state index in [9.17, 15) is 14.9 Å². The number of carbonyl (C=O) groups is 1. The summed E-state index contributed by atoms with van der Waals surface area (Å²) in [7, 11) is 0. The van der Waals surface area contributed by atoms with Crippen molar-refractivity contribution in [3.8, 4) is 0 Å². The van der Waals surface area contributed by atoms with Gasteiger partial charge in [-0.05, 0) is 29.7 Å². The van der Waals surface area contributed by atoms with E-state index in [-0.39, 0.29) is 11.6 Å². The molecule has 22 heavy (non-hydrogen) atoms. The van der Waals surface area contributed by atoms with Crippen LogP contribution in [0, 0.1) is 10.1 Å². The van der Waals surface area contributed by atoms with Crippen molar-refractivity contribution in [2.24, 2.45) is 0 Å². The first kappa shape index (κ1) is 14.2. The number of nitro benzene ring substituents is 1. The van der Waals surface area contributed by atoms with Gasteiger partial charge in [-0.25, -0.2) is 0 Å². The Kier molecular flexibility index (Phi) is 3.84. The summed E-state index contributed by atoms with van der Waals surface area (Å²) in [6.07, 6.45) is 0.137. The number of hydrogen-bond donors (Lipinski definition) is 1. The molecule has 0 saturated carbocycles. The van der Waals surface area contributed by atoms with E-state index in [0.29, 0.717) is 12.3 Å². The van der Waals surface area contributed by atoms with E-state index in [1.54, 1.807) is 0 Å². The number of amides is 1. The quantitative estimate of drug-likeness (QED) is 0.698. The molecular formula is C16H14N2O4. The fourth-order valence-corrected chi connectivity index (χ4v) is 2.49. The molecule has 0 fully saturated rings. The summed E-state index contributed by atoms with van der Waals surface area (Å²) in [5, 5.41) is 13.3. The summed E-state index contributed by atoms with van der Waals surface area (Å²) >= 11 is 0. The number of nitrogens with zero attached hydrogens (tertiary/aromatic N) is 1. The summed E-state index contributed by atoms with van der Waals surface area (Å²) in [6.45, 7) is 0.495. The lowest BCUT2D eigenvalue weighted by Gasteiger charge is -2.25. The van der Waals surface area contributed by atoms with Crippen LogP contribution in [0.5, 0.6) is 0 Å². The van der Waals surface area contributed by atoms with Gasteiger partial charge >= 0.3 is 0 Å². The monoisotopic (exact) mass is 298 g/mol. The minimum Gasteiger partial charge on any atom is -0.363 e. The number of benzene rings is 2. The number of nitrogens with one attached hydrogen (secondary N) is 1. The third kappa shape index (κ3) is 2.82. The average Bonchev–Trinajstić information content (AvgIpc) is 2.54. The van der Waals surface area contributed by atoms with Crippen LogP contribution in [-0.4, -0.2) is 17.4 Å². The van der Waals surface area contributed by atoms with Gasteiger partial charge in [0.1, 0.15) is 0 Å². The molecule has 0 spiro atoms. The van der Waals surface area contributed by atoms with Gasteiger partial charge in [0.25, 0.3) is 11.6 Å². The molecular weight excluding hydrogens is 284 g/mol. The van der Waals surface area contributed by atoms with Gasteiger partial charge in [-0.15, -0.1) is 0 Å². The van der Waals surface area contributed by atoms with Crippen LogP contribution in [0.25, 0.3) is 0 Å². The summed E-state index contributed by atoms with van der Waals surface area (Å²) in [4.78, 5) is 22.5. The lowest BCUT2D eigenvalue weighted by Crippen LogP contribution is -2.28. The molecule has 1 amide bonds. The molecule has 0 radical (unpaired) electrons. The third-order valence-corrected chi connectivity index (χ3v) is 3.58. The molecule has 2 aromatic carbocycles. The average molecular weight is 298 g/mol. The highest BCUT2D eigenvalue weighted by molar-refractivity contribution is 5.95. The zero-order valence-electron chi connectivity index (χ0n) is 11.7. The summed E-state index contributed by atoms with van der Waals surface area (Å²) in [5.74, 6) is -0.277. The highest BCUT2D eigenvalue weighted by atomic mass is 16.6. The maximum absolute atomic E-state index is 12.4. The Morgan fingerprint density at radius 1 is 1.18 bits per heavy atom. The lowest BCUT2D eigenvalue weighted by molar-refractivity contribution is -0.384. The van der Waals surface area contributed by atoms with E-state index >= 15 is 0 Å². The SMILES string of the molecule is O=C(Nc1ccc([N+](=O)[O-])cc1)[C@H]1OCCc2ccccc21. The fourth-order valence-electron chi connectivity index (χ4n) is 2.49. The number of hydrogen-bond acceptors (Lipinski definition) is 4. The first-order valence-corrected chi connectivity index (χ1v) is 6.90. The molecule has 0 bridgehead atoms. The number of anilines is 1. The Hall–Kier alpha value is -2.73. The maximum atomic E-state index is 12.4. The predicted molar refractivity (Wildman–Crippen MR) is 80.6 cm³/mol. The van der Waals surface area contributed by atoms with E-state index in [1.807, 2.05) is 24.3 Å². The van der Waals surface area contributed by atoms with Crippen LogP contribution in [-0.2, 0) is 16.0 Å². The summed E-state index contributed by atoms with van der Waals surface area (Å²) in [6, 6.07) is 13.4. The van der Waals surface area contributed by atoms with Crippen molar-refractivity contribution in [1.29, 1.82) is 0 Å². The van der Waals surface area contributed by atoms with Gasteiger partial charge in [0.05, 0.1) is 11.5 Å². The molecule has 6 heteroatoms. The normalized spacial score (nSPS) is 16.6. The van der Waals surface area contributed by atoms with E-state index in [2.05, 4.69) is 5.32 Å². The van der Waals surface area contributed by atoms with E-state index in [0.717, 1.165) is 17.5 Å². The molecule has 0 unspecified atom stereocenters. The Morgan fingerprint density at radius 3 is 2.64 bits per heavy atom. The lowest BCUT2D eigenvalue weighted by atomic mass is 9.97. The van der Waals surface area contributed by atoms with Crippen LogP contribution in [0.15, 0.2) is 48.5 Å². The Balaban J connectivity index is 1.76. The van der Waals surface area contributed by atoms with Crippen LogP contribution in [0.1, 0.15) is 17.2 Å². The summed E-state index contributed by atoms with van der Waals surface area (Å²) < 4.78 is 5.58. The number of rotatable bonds is 3. The molecule has 1 heterocycles. The molecule has 1 atom stereocenters. The first-order chi connectivity index (χ1) is 10.6. The first-order valence-electron chi connectivity index (χ1n) is 6.90. The van der Waals surface area contributed by atoms with Gasteiger partial charge in [0.15, 0.2) is 6.10 Å². The standard InChI is InChI=1S/C16H14N2O4/c19-16(17-12-5-7-13(8-6-12)18(20)21)15-14-4-2-1-3-11(14)9-10-22-15/h1-8,15H,9-10H2,(H,17,19)/t15-/m0/s1. The zero-order valence-corrected chi connectivity index (χ0v) is 11.7. The van der Waals surface area contributed by atoms with Gasteiger partial charge in [0.2, 0.25) is 0 Å². The summed E-state index contributed by atoms with van der Waals surface area (Å²) in [5.41, 5.74) is 2.46. The van der Waals surface area contributed by atoms with Gasteiger partial charge in [0, 0.05) is 17.8 Å². The van der Waals surface area contributed by atoms with Crippen molar-refractivity contribution in [1.82, 2.24) is 0 Å². The number of nitro groups is 1. The topological polar surface area (TPSA) is 81.5 Å². The van der Waals surface area contributed by atoms with Crippen molar-refractivity contribution in [3.05, 3.63) is 69.8 Å². The largest absolute Gasteiger partial charge is 0.363 e. The van der Waals surface area contributed by atoms with Crippen molar-refractivity contribution < 1.29 is 14.5 Å². The number of fused-ring (bicyclic) bond motifs is 1. The molecule has 1 aliphatic rings. The van der Waals surface area contributed by atoms with Gasteiger partial charge in [-0.3, -0.25) is 14.9 Å². The van der Waals surface area contributed by atoms with Gasteiger partial charge in [-0.1, -0.05) is 24.3 Å². The minimum absolute atomic E-state index is 0.0164. The highest BCUT2D eigenvalue weighted by Gasteiger charge is 2.27. The Bertz CT molecular complexity index is 712. The molecule has 2 aromatic rings. The molecule has 6 nitrogen and oxygen atoms in total. The molecule has 0 aliphatic carbocycles. The highest BCUT2D eigenvalue weighted by Crippen LogP contribution is 2.28. The van der Waals surface area contributed by atoms with E-state index in [4.69, 9.17) is 4.74 Å². The Labute approximate surface area is 126 Å². The predicted octanol–water partition coefficient (Wildman–Crippen LogP) is 2.85. The molecule has 1 aliphatic heterocycles. The van der Waals surface area contributed by atoms with Crippen LogP contribution in [0.3, 0.4) is 0 Å². The Morgan fingerprint density at radius 2 is 1.91 bits per heavy atom. The van der Waals surface area contributed by atoms with Crippen molar-refractivity contribution in [3.63, 3.8) is 0 Å². The smallest absolute Gasteiger partial charge is 0.269 e. The van der Waals surface area contributed by atoms with Crippen molar-refractivity contribution in [2.75, 3.05) is 11.9 Å². The van der Waals surface area contributed by atoms with Gasteiger partial charge in [-0.2, -0.15) is 0 Å². The number of carbonyl (C=O) groups excluding carboxylic acids is 1. The number of non-ortho nitro benzene ring substituents is 1. The van der Waals surface area contributed by atoms with Crippen LogP contribution in [0.2, 0.25) is 0 Å². The molecule has 0 aromatic heterocycles. The van der Waals surface area contributed by atoms with Crippen LogP contribution >= 0.6 is 0 Å². The molecule has 1 N–H and O–H groups in total. The molecule has 112 valence electrons. The zero-order chi connectivity index (χ0) is 15.5. The van der Waals surface area contributed by atoms with E-state index in [1.165, 1.54) is 24.3 Å². The van der Waals surface area contributed by atoms with Gasteiger partial charge < -0.3 is 10.1 Å². The van der Waals surface area contributed by atoms with Crippen molar-refractivity contribution in [2.45, 2.75) is 12.5 Å². The second kappa shape index (κ2) is 5.95. The second-order valence-electron chi connectivity index (χ2n) is 4.99. The number of ether oxygens (including phenoxy) is 1. The second-order valence-corrected chi connectivity index (χ2v) is 4.99. The van der Waals surface area contributed by atoms with Crippen molar-refractivity contribution >= 4 is 17.3 Å². The van der Waals surface area contributed by atoms with E-state index < -0.39 is 11.0 Å². The van der Waals surface area contributed by atoms with Crippen LogP contribution in [0.4, 0.5) is 11.4 Å². The fraction of sp³-hybridized carbons (Fsp3) is 0.188. The van der Waals surface area contributed by atoms with Crippen LogP contribution < -0.4 is 5.32 Å². The molecule has 0 saturated heterocycles. The minimum atomic E-state index is -0.653. The maximum Gasteiger partial charge on any atom is 0.269 e.